The summed E-state index contributed by atoms with van der Waals surface area (Å²) in [4.78, 5) is 0. The molecule has 114 valence electrons. The zero-order valence-corrected chi connectivity index (χ0v) is 13.2. The van der Waals surface area contributed by atoms with Gasteiger partial charge < -0.3 is 5.11 Å². The Morgan fingerprint density at radius 3 is 2.12 bits per heavy atom. The van der Waals surface area contributed by atoms with Crippen LogP contribution < -0.4 is 0 Å². The zero-order chi connectivity index (χ0) is 16.1. The Balaban J connectivity index is 1.88. The molecule has 5 aromatic carbocycles. The van der Waals surface area contributed by atoms with E-state index in [-0.39, 0.29) is 0 Å². The van der Waals surface area contributed by atoms with Crippen LogP contribution in [0.2, 0.25) is 0 Å². The fraction of sp³-hybridized carbons (Fsp3) is 0.0435. The predicted molar refractivity (Wildman–Crippen MR) is 101 cm³/mol. The summed E-state index contributed by atoms with van der Waals surface area (Å²) < 4.78 is 0. The van der Waals surface area contributed by atoms with Crippen LogP contribution in [0.5, 0.6) is 5.75 Å². The van der Waals surface area contributed by atoms with Crippen molar-refractivity contribution >= 4 is 32.3 Å². The average Bonchev–Trinajstić information content (AvgIpc) is 2.63. The van der Waals surface area contributed by atoms with E-state index in [2.05, 4.69) is 54.6 Å². The molecule has 1 nitrogen and oxygen atoms in total. The molecular formula is C23H16O. The summed E-state index contributed by atoms with van der Waals surface area (Å²) in [6.45, 7) is 0. The highest BCUT2D eigenvalue weighted by Gasteiger charge is 2.14. The third-order valence-corrected chi connectivity index (χ3v) is 4.96. The van der Waals surface area contributed by atoms with Crippen molar-refractivity contribution in [3.63, 3.8) is 0 Å². The van der Waals surface area contributed by atoms with E-state index in [0.29, 0.717) is 5.75 Å². The van der Waals surface area contributed by atoms with Crippen LogP contribution >= 0.6 is 0 Å². The first kappa shape index (κ1) is 13.4. The van der Waals surface area contributed by atoms with Crippen molar-refractivity contribution in [2.24, 2.45) is 0 Å². The van der Waals surface area contributed by atoms with Crippen LogP contribution in [-0.2, 0) is 6.42 Å². The van der Waals surface area contributed by atoms with Crippen molar-refractivity contribution in [3.8, 4) is 5.75 Å². The van der Waals surface area contributed by atoms with Gasteiger partial charge in [0.1, 0.15) is 5.75 Å². The molecule has 1 N–H and O–H groups in total. The SMILES string of the molecule is Oc1cc2ccc3cccc4ccc(c1Cc1ccccc1)c2c34. The molecule has 0 aromatic heterocycles. The second kappa shape index (κ2) is 4.97. The summed E-state index contributed by atoms with van der Waals surface area (Å²) in [6.07, 6.45) is 0.737. The highest BCUT2D eigenvalue weighted by molar-refractivity contribution is 6.24. The third kappa shape index (κ3) is 1.88. The fourth-order valence-electron chi connectivity index (χ4n) is 3.84. The lowest BCUT2D eigenvalue weighted by molar-refractivity contribution is 0.471. The van der Waals surface area contributed by atoms with Crippen LogP contribution in [0.3, 0.4) is 0 Å². The molecule has 0 atom stereocenters. The van der Waals surface area contributed by atoms with E-state index in [4.69, 9.17) is 0 Å². The molecule has 0 spiro atoms. The number of aromatic hydroxyl groups is 1. The normalized spacial score (nSPS) is 11.7. The molecule has 0 aliphatic heterocycles. The Labute approximate surface area is 140 Å². The number of phenols is 1. The van der Waals surface area contributed by atoms with Crippen LogP contribution in [0.1, 0.15) is 11.1 Å². The predicted octanol–water partition coefficient (Wildman–Crippen LogP) is 5.88. The summed E-state index contributed by atoms with van der Waals surface area (Å²) in [5.41, 5.74) is 2.22. The number of phenolic OH excluding ortho intramolecular Hbond substituents is 1. The van der Waals surface area contributed by atoms with E-state index in [1.807, 2.05) is 24.3 Å². The van der Waals surface area contributed by atoms with E-state index in [1.165, 1.54) is 27.1 Å². The van der Waals surface area contributed by atoms with Gasteiger partial charge in [0.25, 0.3) is 0 Å². The molecule has 0 amide bonds. The number of hydrogen-bond donors (Lipinski definition) is 1. The monoisotopic (exact) mass is 308 g/mol. The molecule has 5 rings (SSSR count). The number of rotatable bonds is 2. The minimum atomic E-state index is 0.379. The first-order valence-corrected chi connectivity index (χ1v) is 8.23. The van der Waals surface area contributed by atoms with E-state index in [0.717, 1.165) is 22.8 Å². The van der Waals surface area contributed by atoms with E-state index >= 15 is 0 Å². The molecule has 0 aliphatic carbocycles. The van der Waals surface area contributed by atoms with Gasteiger partial charge in [-0.3, -0.25) is 0 Å². The molecule has 0 radical (unpaired) electrons. The van der Waals surface area contributed by atoms with Crippen molar-refractivity contribution in [1.29, 1.82) is 0 Å². The van der Waals surface area contributed by atoms with E-state index in [1.54, 1.807) is 0 Å². The molecular weight excluding hydrogens is 292 g/mol. The molecule has 0 saturated carbocycles. The second-order valence-electron chi connectivity index (χ2n) is 6.39. The van der Waals surface area contributed by atoms with Crippen LogP contribution in [-0.4, -0.2) is 5.11 Å². The quantitative estimate of drug-likeness (QED) is 0.404. The van der Waals surface area contributed by atoms with Gasteiger partial charge in [0, 0.05) is 12.0 Å². The topological polar surface area (TPSA) is 20.2 Å². The lowest BCUT2D eigenvalue weighted by Gasteiger charge is -2.15. The van der Waals surface area contributed by atoms with Gasteiger partial charge in [0.05, 0.1) is 0 Å². The Kier molecular flexibility index (Phi) is 2.77. The molecule has 0 fully saturated rings. The second-order valence-corrected chi connectivity index (χ2v) is 6.39. The van der Waals surface area contributed by atoms with Gasteiger partial charge >= 0.3 is 0 Å². The van der Waals surface area contributed by atoms with Crippen LogP contribution in [0.4, 0.5) is 0 Å². The summed E-state index contributed by atoms with van der Waals surface area (Å²) in [6, 6.07) is 27.2. The van der Waals surface area contributed by atoms with Crippen molar-refractivity contribution < 1.29 is 5.11 Å². The first-order chi connectivity index (χ1) is 11.8. The molecule has 24 heavy (non-hydrogen) atoms. The molecule has 0 bridgehead atoms. The first-order valence-electron chi connectivity index (χ1n) is 8.23. The molecule has 1 heteroatoms. The van der Waals surface area contributed by atoms with Gasteiger partial charge in [-0.15, -0.1) is 0 Å². The van der Waals surface area contributed by atoms with Crippen molar-refractivity contribution in [2.75, 3.05) is 0 Å². The Bertz CT molecular complexity index is 1160. The van der Waals surface area contributed by atoms with Crippen LogP contribution in [0, 0.1) is 0 Å². The molecule has 5 aromatic rings. The van der Waals surface area contributed by atoms with Crippen LogP contribution in [0.15, 0.2) is 78.9 Å². The largest absolute Gasteiger partial charge is 0.508 e. The third-order valence-electron chi connectivity index (χ3n) is 4.96. The molecule has 0 unspecified atom stereocenters. The van der Waals surface area contributed by atoms with Gasteiger partial charge in [-0.1, -0.05) is 72.8 Å². The molecule has 0 aliphatic rings. The maximum Gasteiger partial charge on any atom is 0.120 e. The Morgan fingerprint density at radius 2 is 1.33 bits per heavy atom. The highest BCUT2D eigenvalue weighted by Crippen LogP contribution is 2.40. The summed E-state index contributed by atoms with van der Waals surface area (Å²) in [5.74, 6) is 0.379. The lowest BCUT2D eigenvalue weighted by Crippen LogP contribution is -1.93. The summed E-state index contributed by atoms with van der Waals surface area (Å²) in [5, 5.41) is 17.9. The Hall–Kier alpha value is -3.06. The van der Waals surface area contributed by atoms with Gasteiger partial charge in [0.2, 0.25) is 0 Å². The Morgan fingerprint density at radius 1 is 0.625 bits per heavy atom. The van der Waals surface area contributed by atoms with Crippen molar-refractivity contribution in [1.82, 2.24) is 0 Å². The fourth-order valence-corrected chi connectivity index (χ4v) is 3.84. The van der Waals surface area contributed by atoms with Crippen molar-refractivity contribution in [2.45, 2.75) is 6.42 Å². The van der Waals surface area contributed by atoms with Crippen molar-refractivity contribution in [3.05, 3.63) is 90.0 Å². The average molecular weight is 308 g/mol. The maximum absolute atomic E-state index is 10.6. The highest BCUT2D eigenvalue weighted by atomic mass is 16.3. The zero-order valence-electron chi connectivity index (χ0n) is 13.2. The smallest absolute Gasteiger partial charge is 0.120 e. The lowest BCUT2D eigenvalue weighted by atomic mass is 9.89. The van der Waals surface area contributed by atoms with E-state index < -0.39 is 0 Å². The summed E-state index contributed by atoms with van der Waals surface area (Å²) in [7, 11) is 0. The van der Waals surface area contributed by atoms with Gasteiger partial charge in [-0.2, -0.15) is 0 Å². The van der Waals surface area contributed by atoms with Gasteiger partial charge in [-0.25, -0.2) is 0 Å². The number of hydrogen-bond acceptors (Lipinski definition) is 1. The minimum absolute atomic E-state index is 0.379. The summed E-state index contributed by atoms with van der Waals surface area (Å²) >= 11 is 0. The number of benzene rings is 5. The van der Waals surface area contributed by atoms with E-state index in [9.17, 15) is 5.11 Å². The standard InChI is InChI=1S/C23H16O/c24-21-14-18-10-9-16-7-4-8-17-11-12-19(23(18)22(16)17)20(21)13-15-5-2-1-3-6-15/h1-12,14,24H,13H2. The maximum atomic E-state index is 10.6. The van der Waals surface area contributed by atoms with Crippen LogP contribution in [0.25, 0.3) is 32.3 Å². The minimum Gasteiger partial charge on any atom is -0.508 e. The van der Waals surface area contributed by atoms with Gasteiger partial charge in [0.15, 0.2) is 0 Å². The molecule has 0 heterocycles. The van der Waals surface area contributed by atoms with Gasteiger partial charge in [-0.05, 0) is 43.9 Å². The molecule has 0 saturated heterocycles.